The van der Waals surface area contributed by atoms with E-state index in [0.29, 0.717) is 6.04 Å². The summed E-state index contributed by atoms with van der Waals surface area (Å²) in [5, 5.41) is 4.53. The van der Waals surface area contributed by atoms with Gasteiger partial charge in [-0.1, -0.05) is 82.7 Å². The first-order chi connectivity index (χ1) is 11.2. The Labute approximate surface area is 148 Å². The number of nitrogens with one attached hydrogen (secondary N) is 1. The molecule has 0 saturated heterocycles. The zero-order valence-corrected chi connectivity index (χ0v) is 16.0. The number of benzene rings is 1. The van der Waals surface area contributed by atoms with E-state index < -0.39 is 0 Å². The molecular formula is C20H35ClN2. The van der Waals surface area contributed by atoms with Gasteiger partial charge in [0.15, 0.2) is 0 Å². The van der Waals surface area contributed by atoms with E-state index in [1.165, 1.54) is 44.1 Å². The lowest BCUT2D eigenvalue weighted by Crippen LogP contribution is -2.36. The monoisotopic (exact) mass is 338 g/mol. The summed E-state index contributed by atoms with van der Waals surface area (Å²) in [6.45, 7) is 10.9. The molecular weight excluding hydrogens is 304 g/mol. The molecule has 0 aliphatic rings. The molecule has 132 valence electrons. The van der Waals surface area contributed by atoms with Crippen LogP contribution in [0.4, 0.5) is 0 Å². The first-order valence-electron chi connectivity index (χ1n) is 9.43. The molecule has 0 amide bonds. The number of unbranched alkanes of at least 4 members (excludes halogenated alkanes) is 5. The lowest BCUT2D eigenvalue weighted by molar-refractivity contribution is 0.213. The van der Waals surface area contributed by atoms with Crippen LogP contribution in [-0.4, -0.2) is 31.1 Å². The van der Waals surface area contributed by atoms with E-state index >= 15 is 0 Å². The van der Waals surface area contributed by atoms with Gasteiger partial charge in [-0.05, 0) is 37.7 Å². The van der Waals surface area contributed by atoms with Gasteiger partial charge >= 0.3 is 0 Å². The van der Waals surface area contributed by atoms with E-state index in [1.54, 1.807) is 0 Å². The summed E-state index contributed by atoms with van der Waals surface area (Å²) < 4.78 is 0. The van der Waals surface area contributed by atoms with Crippen LogP contribution >= 0.6 is 11.6 Å². The van der Waals surface area contributed by atoms with Crippen LogP contribution in [0.15, 0.2) is 24.3 Å². The summed E-state index contributed by atoms with van der Waals surface area (Å²) in [6, 6.07) is 8.62. The summed E-state index contributed by atoms with van der Waals surface area (Å²) in [6.07, 6.45) is 8.08. The molecule has 0 heterocycles. The molecule has 1 aromatic rings. The van der Waals surface area contributed by atoms with Crippen molar-refractivity contribution in [3.05, 3.63) is 34.9 Å². The van der Waals surface area contributed by atoms with Gasteiger partial charge in [0.2, 0.25) is 0 Å². The highest BCUT2D eigenvalue weighted by Gasteiger charge is 2.19. The second kappa shape index (κ2) is 12.8. The Balaban J connectivity index is 2.44. The fourth-order valence-corrected chi connectivity index (χ4v) is 3.38. The van der Waals surface area contributed by atoms with E-state index in [4.69, 9.17) is 11.6 Å². The van der Waals surface area contributed by atoms with Gasteiger partial charge in [0, 0.05) is 17.6 Å². The highest BCUT2D eigenvalue weighted by Crippen LogP contribution is 2.26. The summed E-state index contributed by atoms with van der Waals surface area (Å²) in [4.78, 5) is 2.48. The standard InChI is InChI=1S/C20H35ClN2/c1-4-7-8-9-10-13-16-22-17-20(23(5-2)6-3)18-14-11-12-15-19(18)21/h11-12,14-15,20,22H,4-10,13,16-17H2,1-3H3. The Bertz CT molecular complexity index is 404. The van der Waals surface area contributed by atoms with E-state index in [1.807, 2.05) is 12.1 Å². The third kappa shape index (κ3) is 7.69. The molecule has 0 aliphatic heterocycles. The summed E-state index contributed by atoms with van der Waals surface area (Å²) in [5.74, 6) is 0. The van der Waals surface area contributed by atoms with Crippen molar-refractivity contribution in [3.8, 4) is 0 Å². The molecule has 1 N–H and O–H groups in total. The second-order valence-corrected chi connectivity index (χ2v) is 6.64. The molecule has 23 heavy (non-hydrogen) atoms. The van der Waals surface area contributed by atoms with Crippen molar-refractivity contribution in [1.29, 1.82) is 0 Å². The Morgan fingerprint density at radius 1 is 0.957 bits per heavy atom. The maximum atomic E-state index is 6.43. The maximum absolute atomic E-state index is 6.43. The number of nitrogens with zero attached hydrogens (tertiary/aromatic N) is 1. The summed E-state index contributed by atoms with van der Waals surface area (Å²) in [5.41, 5.74) is 1.24. The van der Waals surface area contributed by atoms with Crippen molar-refractivity contribution < 1.29 is 0 Å². The average Bonchev–Trinajstić information content (AvgIpc) is 2.57. The number of likely N-dealkylation sites (N-methyl/N-ethyl adjacent to an activating group) is 1. The highest BCUT2D eigenvalue weighted by atomic mass is 35.5. The molecule has 0 bridgehead atoms. The van der Waals surface area contributed by atoms with Crippen molar-refractivity contribution in [3.63, 3.8) is 0 Å². The molecule has 3 heteroatoms. The number of rotatable bonds is 13. The van der Waals surface area contributed by atoms with Crippen molar-refractivity contribution in [2.24, 2.45) is 0 Å². The molecule has 0 aromatic heterocycles. The first-order valence-corrected chi connectivity index (χ1v) is 9.81. The van der Waals surface area contributed by atoms with Crippen LogP contribution in [0.2, 0.25) is 5.02 Å². The van der Waals surface area contributed by atoms with Gasteiger partial charge in [0.05, 0.1) is 0 Å². The molecule has 1 rings (SSSR count). The maximum Gasteiger partial charge on any atom is 0.0487 e. The quantitative estimate of drug-likeness (QED) is 0.466. The largest absolute Gasteiger partial charge is 0.315 e. The van der Waals surface area contributed by atoms with Gasteiger partial charge < -0.3 is 5.32 Å². The van der Waals surface area contributed by atoms with E-state index in [9.17, 15) is 0 Å². The highest BCUT2D eigenvalue weighted by molar-refractivity contribution is 6.31. The summed E-state index contributed by atoms with van der Waals surface area (Å²) >= 11 is 6.43. The van der Waals surface area contributed by atoms with E-state index in [2.05, 4.69) is 43.1 Å². The minimum absolute atomic E-state index is 0.360. The topological polar surface area (TPSA) is 15.3 Å². The second-order valence-electron chi connectivity index (χ2n) is 6.23. The molecule has 0 spiro atoms. The predicted octanol–water partition coefficient (Wildman–Crippen LogP) is 5.67. The normalized spacial score (nSPS) is 12.7. The number of hydrogen-bond acceptors (Lipinski definition) is 2. The molecule has 1 aromatic carbocycles. The van der Waals surface area contributed by atoms with Gasteiger partial charge in [-0.2, -0.15) is 0 Å². The molecule has 1 atom stereocenters. The predicted molar refractivity (Wildman–Crippen MR) is 103 cm³/mol. The van der Waals surface area contributed by atoms with Gasteiger partial charge in [-0.3, -0.25) is 4.90 Å². The van der Waals surface area contributed by atoms with Crippen molar-refractivity contribution in [2.45, 2.75) is 65.3 Å². The molecule has 0 saturated carbocycles. The van der Waals surface area contributed by atoms with Crippen LogP contribution < -0.4 is 5.32 Å². The third-order valence-electron chi connectivity index (χ3n) is 4.56. The molecule has 2 nitrogen and oxygen atoms in total. The van der Waals surface area contributed by atoms with Crippen LogP contribution in [0.25, 0.3) is 0 Å². The Morgan fingerprint density at radius 2 is 1.61 bits per heavy atom. The van der Waals surface area contributed by atoms with Gasteiger partial charge in [-0.15, -0.1) is 0 Å². The van der Waals surface area contributed by atoms with Crippen LogP contribution in [0.3, 0.4) is 0 Å². The fourth-order valence-electron chi connectivity index (χ4n) is 3.11. The Morgan fingerprint density at radius 3 is 2.26 bits per heavy atom. The number of hydrogen-bond donors (Lipinski definition) is 1. The summed E-state index contributed by atoms with van der Waals surface area (Å²) in [7, 11) is 0. The zero-order valence-electron chi connectivity index (χ0n) is 15.3. The Hall–Kier alpha value is -0.570. The SMILES string of the molecule is CCCCCCCCNCC(c1ccccc1Cl)N(CC)CC. The minimum Gasteiger partial charge on any atom is -0.315 e. The van der Waals surface area contributed by atoms with Crippen LogP contribution in [-0.2, 0) is 0 Å². The van der Waals surface area contributed by atoms with Crippen LogP contribution in [0, 0.1) is 0 Å². The average molecular weight is 339 g/mol. The number of halogens is 1. The van der Waals surface area contributed by atoms with E-state index in [-0.39, 0.29) is 0 Å². The molecule has 0 radical (unpaired) electrons. The molecule has 0 aliphatic carbocycles. The van der Waals surface area contributed by atoms with E-state index in [0.717, 1.165) is 31.2 Å². The zero-order chi connectivity index (χ0) is 16.9. The van der Waals surface area contributed by atoms with Crippen molar-refractivity contribution in [1.82, 2.24) is 10.2 Å². The first kappa shape index (κ1) is 20.5. The Kier molecular flexibility index (Phi) is 11.4. The fraction of sp³-hybridized carbons (Fsp3) is 0.700. The lowest BCUT2D eigenvalue weighted by Gasteiger charge is -2.31. The molecule has 0 fully saturated rings. The van der Waals surface area contributed by atoms with Gasteiger partial charge in [0.1, 0.15) is 0 Å². The van der Waals surface area contributed by atoms with Gasteiger partial charge in [-0.25, -0.2) is 0 Å². The van der Waals surface area contributed by atoms with Gasteiger partial charge in [0.25, 0.3) is 0 Å². The molecule has 1 unspecified atom stereocenters. The van der Waals surface area contributed by atoms with Crippen LogP contribution in [0.5, 0.6) is 0 Å². The smallest absolute Gasteiger partial charge is 0.0487 e. The third-order valence-corrected chi connectivity index (χ3v) is 4.91. The van der Waals surface area contributed by atoms with Crippen molar-refractivity contribution in [2.75, 3.05) is 26.2 Å². The lowest BCUT2D eigenvalue weighted by atomic mass is 10.0. The minimum atomic E-state index is 0.360. The van der Waals surface area contributed by atoms with Crippen molar-refractivity contribution >= 4 is 11.6 Å². The van der Waals surface area contributed by atoms with Crippen LogP contribution in [0.1, 0.15) is 70.9 Å².